The highest BCUT2D eigenvalue weighted by Crippen LogP contribution is 2.23. The molecule has 0 radical (unpaired) electrons. The summed E-state index contributed by atoms with van der Waals surface area (Å²) in [6.45, 7) is 8.45. The Hall–Kier alpha value is -3.08. The number of benzene rings is 2. The largest absolute Gasteiger partial charge is 0.493 e. The second-order valence-corrected chi connectivity index (χ2v) is 7.29. The minimum atomic E-state index is -0.593. The third-order valence-corrected chi connectivity index (χ3v) is 4.00. The molecule has 2 aromatic carbocycles. The van der Waals surface area contributed by atoms with E-state index in [4.69, 9.17) is 9.47 Å². The molecule has 2 aromatic rings. The first-order valence-electron chi connectivity index (χ1n) is 9.26. The molecule has 0 atom stereocenters. The maximum atomic E-state index is 12.0. The van der Waals surface area contributed by atoms with Crippen molar-refractivity contribution in [2.24, 2.45) is 0 Å². The highest BCUT2D eigenvalue weighted by molar-refractivity contribution is 5.94. The average molecular weight is 381 g/mol. The Morgan fingerprint density at radius 1 is 1.04 bits per heavy atom. The first-order valence-corrected chi connectivity index (χ1v) is 9.26. The predicted octanol–water partition coefficient (Wildman–Crippen LogP) is 4.58. The number of ether oxygens (including phenoxy) is 2. The van der Waals surface area contributed by atoms with Gasteiger partial charge in [-0.25, -0.2) is 4.79 Å². The van der Waals surface area contributed by atoms with Crippen molar-refractivity contribution in [1.29, 1.82) is 0 Å². The van der Waals surface area contributed by atoms with Crippen molar-refractivity contribution in [3.63, 3.8) is 0 Å². The lowest BCUT2D eigenvalue weighted by molar-refractivity contribution is -0.142. The summed E-state index contributed by atoms with van der Waals surface area (Å²) in [6, 6.07) is 15.0. The van der Waals surface area contributed by atoms with Crippen LogP contribution in [-0.2, 0) is 19.7 Å². The summed E-state index contributed by atoms with van der Waals surface area (Å²) in [4.78, 5) is 23.8. The van der Waals surface area contributed by atoms with Crippen LogP contribution in [0.25, 0.3) is 6.08 Å². The van der Waals surface area contributed by atoms with Gasteiger partial charge in [-0.3, -0.25) is 4.79 Å². The van der Waals surface area contributed by atoms with Crippen LogP contribution in [0.5, 0.6) is 5.75 Å². The average Bonchev–Trinajstić information content (AvgIpc) is 2.65. The van der Waals surface area contributed by atoms with E-state index in [0.717, 1.165) is 5.56 Å². The first kappa shape index (κ1) is 21.2. The van der Waals surface area contributed by atoms with Crippen molar-refractivity contribution < 1.29 is 19.1 Å². The van der Waals surface area contributed by atoms with Crippen LogP contribution < -0.4 is 10.1 Å². The predicted molar refractivity (Wildman–Crippen MR) is 111 cm³/mol. The first-order chi connectivity index (χ1) is 13.3. The zero-order valence-corrected chi connectivity index (χ0v) is 16.8. The van der Waals surface area contributed by atoms with Gasteiger partial charge in [-0.2, -0.15) is 0 Å². The van der Waals surface area contributed by atoms with Crippen LogP contribution in [0.2, 0.25) is 0 Å². The van der Waals surface area contributed by atoms with E-state index in [0.29, 0.717) is 18.0 Å². The molecule has 28 heavy (non-hydrogen) atoms. The Labute approximate surface area is 166 Å². The van der Waals surface area contributed by atoms with Gasteiger partial charge in [0.1, 0.15) is 5.75 Å². The molecule has 0 heterocycles. The van der Waals surface area contributed by atoms with Gasteiger partial charge < -0.3 is 14.8 Å². The SMILES string of the molecule is CCOc1ccccc1/C=C/C(=O)OCC(=O)Nc1ccc(C(C)(C)C)cc1. The number of carbonyl (C=O) groups excluding carboxylic acids is 2. The van der Waals surface area contributed by atoms with Crippen molar-refractivity contribution in [2.45, 2.75) is 33.1 Å². The van der Waals surface area contributed by atoms with Gasteiger partial charge in [0.2, 0.25) is 0 Å². The smallest absolute Gasteiger partial charge is 0.331 e. The molecule has 0 saturated heterocycles. The second kappa shape index (κ2) is 9.74. The third-order valence-electron chi connectivity index (χ3n) is 4.00. The van der Waals surface area contributed by atoms with E-state index in [1.165, 1.54) is 11.6 Å². The zero-order valence-electron chi connectivity index (χ0n) is 16.8. The lowest BCUT2D eigenvalue weighted by atomic mass is 9.87. The van der Waals surface area contributed by atoms with E-state index >= 15 is 0 Å². The molecular formula is C23H27NO4. The van der Waals surface area contributed by atoms with E-state index in [-0.39, 0.29) is 17.9 Å². The summed E-state index contributed by atoms with van der Waals surface area (Å²) in [6.07, 6.45) is 2.89. The van der Waals surface area contributed by atoms with Gasteiger partial charge in [0.05, 0.1) is 6.61 Å². The van der Waals surface area contributed by atoms with Crippen molar-refractivity contribution >= 4 is 23.6 Å². The molecule has 2 rings (SSSR count). The van der Waals surface area contributed by atoms with Gasteiger partial charge in [0, 0.05) is 17.3 Å². The lowest BCUT2D eigenvalue weighted by Gasteiger charge is -2.19. The van der Waals surface area contributed by atoms with Gasteiger partial charge in [-0.1, -0.05) is 51.1 Å². The fourth-order valence-electron chi connectivity index (χ4n) is 2.50. The van der Waals surface area contributed by atoms with Crippen molar-refractivity contribution in [3.8, 4) is 5.75 Å². The maximum absolute atomic E-state index is 12.0. The Kier molecular flexibility index (Phi) is 7.38. The van der Waals surface area contributed by atoms with E-state index in [1.54, 1.807) is 6.08 Å². The summed E-state index contributed by atoms with van der Waals surface area (Å²) in [5.74, 6) is -0.296. The Morgan fingerprint density at radius 2 is 1.71 bits per heavy atom. The molecule has 0 aromatic heterocycles. The van der Waals surface area contributed by atoms with Crippen LogP contribution in [0.1, 0.15) is 38.8 Å². The number of anilines is 1. The molecule has 1 amide bonds. The number of esters is 1. The van der Waals surface area contributed by atoms with Crippen LogP contribution >= 0.6 is 0 Å². The summed E-state index contributed by atoms with van der Waals surface area (Å²) >= 11 is 0. The van der Waals surface area contributed by atoms with Crippen LogP contribution in [0.4, 0.5) is 5.69 Å². The standard InChI is InChI=1S/C23H27NO4/c1-5-27-20-9-7-6-8-17(20)10-15-22(26)28-16-21(25)24-19-13-11-18(12-14-19)23(2,3)4/h6-15H,5,16H2,1-4H3,(H,24,25)/b15-10+. The van der Waals surface area contributed by atoms with Gasteiger partial charge in [-0.15, -0.1) is 0 Å². The minimum Gasteiger partial charge on any atom is -0.493 e. The molecule has 1 N–H and O–H groups in total. The molecule has 0 fully saturated rings. The minimum absolute atomic E-state index is 0.0468. The normalized spacial score (nSPS) is 11.3. The van der Waals surface area contributed by atoms with Crippen LogP contribution in [-0.4, -0.2) is 25.1 Å². The molecule has 5 heteroatoms. The fourth-order valence-corrected chi connectivity index (χ4v) is 2.50. The van der Waals surface area contributed by atoms with Gasteiger partial charge in [0.25, 0.3) is 5.91 Å². The molecule has 0 aliphatic rings. The molecular weight excluding hydrogens is 354 g/mol. The maximum Gasteiger partial charge on any atom is 0.331 e. The molecule has 0 bridgehead atoms. The second-order valence-electron chi connectivity index (χ2n) is 7.29. The lowest BCUT2D eigenvalue weighted by Crippen LogP contribution is -2.20. The zero-order chi connectivity index (χ0) is 20.6. The van der Waals surface area contributed by atoms with Crippen molar-refractivity contribution in [2.75, 3.05) is 18.5 Å². The molecule has 5 nitrogen and oxygen atoms in total. The van der Waals surface area contributed by atoms with Crippen molar-refractivity contribution in [1.82, 2.24) is 0 Å². The summed E-state index contributed by atoms with van der Waals surface area (Å²) in [7, 11) is 0. The number of rotatable bonds is 7. The summed E-state index contributed by atoms with van der Waals surface area (Å²) in [5.41, 5.74) is 2.65. The quantitative estimate of drug-likeness (QED) is 0.563. The Balaban J connectivity index is 1.85. The van der Waals surface area contributed by atoms with E-state index in [1.807, 2.05) is 55.5 Å². The molecule has 0 spiro atoms. The van der Waals surface area contributed by atoms with E-state index in [9.17, 15) is 9.59 Å². The number of amides is 1. The highest BCUT2D eigenvalue weighted by Gasteiger charge is 2.13. The van der Waals surface area contributed by atoms with Crippen LogP contribution in [0, 0.1) is 0 Å². The molecule has 0 aliphatic carbocycles. The number of carbonyl (C=O) groups is 2. The van der Waals surface area contributed by atoms with Crippen molar-refractivity contribution in [3.05, 3.63) is 65.7 Å². The number of hydrogen-bond acceptors (Lipinski definition) is 4. The monoisotopic (exact) mass is 381 g/mol. The summed E-state index contributed by atoms with van der Waals surface area (Å²) < 4.78 is 10.5. The van der Waals surface area contributed by atoms with Gasteiger partial charge in [0.15, 0.2) is 6.61 Å². The van der Waals surface area contributed by atoms with Crippen LogP contribution in [0.3, 0.4) is 0 Å². The van der Waals surface area contributed by atoms with Gasteiger partial charge in [-0.05, 0) is 42.2 Å². The van der Waals surface area contributed by atoms with Gasteiger partial charge >= 0.3 is 5.97 Å². The number of nitrogens with one attached hydrogen (secondary N) is 1. The van der Waals surface area contributed by atoms with E-state index < -0.39 is 5.97 Å². The van der Waals surface area contributed by atoms with E-state index in [2.05, 4.69) is 26.1 Å². The number of hydrogen-bond donors (Lipinski definition) is 1. The molecule has 148 valence electrons. The topological polar surface area (TPSA) is 64.6 Å². The Morgan fingerprint density at radius 3 is 2.36 bits per heavy atom. The summed E-state index contributed by atoms with van der Waals surface area (Å²) in [5, 5.41) is 2.72. The molecule has 0 saturated carbocycles. The van der Waals surface area contributed by atoms with Crippen LogP contribution in [0.15, 0.2) is 54.6 Å². The molecule has 0 aliphatic heterocycles. The fraction of sp³-hybridized carbons (Fsp3) is 0.304. The highest BCUT2D eigenvalue weighted by atomic mass is 16.5. The molecule has 0 unspecified atom stereocenters. The number of para-hydroxylation sites is 1. The Bertz CT molecular complexity index is 832. The third kappa shape index (κ3) is 6.58.